The fourth-order valence-corrected chi connectivity index (χ4v) is 3.79. The van der Waals surface area contributed by atoms with Gasteiger partial charge in [0.2, 0.25) is 0 Å². The van der Waals surface area contributed by atoms with Crippen LogP contribution in [0.25, 0.3) is 0 Å². The van der Waals surface area contributed by atoms with Crippen LogP contribution < -0.4 is 24.2 Å². The van der Waals surface area contributed by atoms with Crippen LogP contribution in [0.2, 0.25) is 0 Å². The number of benzene rings is 3. The molecule has 0 saturated heterocycles. The molecule has 3 rings (SSSR count). The summed E-state index contributed by atoms with van der Waals surface area (Å²) in [5.74, 6) is 1.20. The van der Waals surface area contributed by atoms with Crippen LogP contribution in [0.3, 0.4) is 0 Å². The Hall–Kier alpha value is -3.72. The molecule has 0 saturated carbocycles. The Morgan fingerprint density at radius 2 is 1.23 bits per heavy atom. The minimum absolute atomic E-state index is 0.0596. The van der Waals surface area contributed by atoms with Crippen molar-refractivity contribution in [2.45, 2.75) is 4.90 Å². The number of carbonyl (C=O) groups excluding carboxylic acids is 1. The first-order chi connectivity index (χ1) is 14.8. The van der Waals surface area contributed by atoms with Gasteiger partial charge in [0, 0.05) is 23.0 Å². The number of nitrogens with one attached hydrogen (secondary N) is 2. The molecule has 0 spiro atoms. The number of rotatable bonds is 8. The van der Waals surface area contributed by atoms with E-state index in [1.807, 2.05) is 0 Å². The Labute approximate surface area is 180 Å². The minimum Gasteiger partial charge on any atom is -0.497 e. The monoisotopic (exact) mass is 442 g/mol. The molecule has 0 aliphatic heterocycles. The van der Waals surface area contributed by atoms with Crippen LogP contribution in [-0.2, 0) is 10.0 Å². The number of hydrogen-bond acceptors (Lipinski definition) is 6. The first-order valence-electron chi connectivity index (χ1n) is 9.16. The molecule has 0 radical (unpaired) electrons. The van der Waals surface area contributed by atoms with E-state index < -0.39 is 10.0 Å². The standard InChI is InChI=1S/C22H22N2O6S/c1-28-18-8-4-17(5-9-18)24-31(26,27)21-10-6-16(7-11-21)23-22(25)15-12-19(29-2)14-20(13-15)30-3/h4-14,24H,1-3H3,(H,23,25). The molecule has 0 unspecified atom stereocenters. The lowest BCUT2D eigenvalue weighted by Crippen LogP contribution is -2.14. The lowest BCUT2D eigenvalue weighted by atomic mass is 10.2. The summed E-state index contributed by atoms with van der Waals surface area (Å²) in [4.78, 5) is 12.6. The molecule has 0 bridgehead atoms. The summed E-state index contributed by atoms with van der Waals surface area (Å²) in [5, 5.41) is 2.72. The second kappa shape index (κ2) is 9.40. The highest BCUT2D eigenvalue weighted by Crippen LogP contribution is 2.24. The number of ether oxygens (including phenoxy) is 3. The quantitative estimate of drug-likeness (QED) is 0.551. The van der Waals surface area contributed by atoms with Crippen molar-refractivity contribution in [3.05, 3.63) is 72.3 Å². The van der Waals surface area contributed by atoms with Crippen LogP contribution in [0, 0.1) is 0 Å². The first-order valence-corrected chi connectivity index (χ1v) is 10.6. The summed E-state index contributed by atoms with van der Waals surface area (Å²) in [6.07, 6.45) is 0. The summed E-state index contributed by atoms with van der Waals surface area (Å²) in [6.45, 7) is 0. The smallest absolute Gasteiger partial charge is 0.261 e. The summed E-state index contributed by atoms with van der Waals surface area (Å²) in [6, 6.07) is 17.2. The molecule has 9 heteroatoms. The number of sulfonamides is 1. The molecule has 3 aromatic carbocycles. The van der Waals surface area contributed by atoms with E-state index in [1.54, 1.807) is 42.5 Å². The van der Waals surface area contributed by atoms with E-state index in [4.69, 9.17) is 14.2 Å². The predicted octanol–water partition coefficient (Wildman–Crippen LogP) is 3.77. The normalized spacial score (nSPS) is 10.8. The molecule has 0 heterocycles. The second-order valence-electron chi connectivity index (χ2n) is 6.41. The van der Waals surface area contributed by atoms with Gasteiger partial charge in [0.15, 0.2) is 0 Å². The maximum atomic E-state index is 12.6. The van der Waals surface area contributed by atoms with E-state index in [9.17, 15) is 13.2 Å². The van der Waals surface area contributed by atoms with Gasteiger partial charge >= 0.3 is 0 Å². The first kappa shape index (κ1) is 22.0. The average molecular weight is 442 g/mol. The van der Waals surface area contributed by atoms with Crippen molar-refractivity contribution in [2.75, 3.05) is 31.4 Å². The number of methoxy groups -OCH3 is 3. The van der Waals surface area contributed by atoms with Crippen molar-refractivity contribution < 1.29 is 27.4 Å². The minimum atomic E-state index is -3.78. The molecule has 8 nitrogen and oxygen atoms in total. The molecular formula is C22H22N2O6S. The molecule has 0 aliphatic carbocycles. The van der Waals surface area contributed by atoms with Gasteiger partial charge in [0.25, 0.3) is 15.9 Å². The second-order valence-corrected chi connectivity index (χ2v) is 8.10. The van der Waals surface area contributed by atoms with E-state index >= 15 is 0 Å². The molecule has 0 aliphatic rings. The largest absolute Gasteiger partial charge is 0.497 e. The van der Waals surface area contributed by atoms with Gasteiger partial charge in [-0.1, -0.05) is 0 Å². The van der Waals surface area contributed by atoms with Crippen molar-refractivity contribution in [1.82, 2.24) is 0 Å². The van der Waals surface area contributed by atoms with E-state index in [-0.39, 0.29) is 10.8 Å². The van der Waals surface area contributed by atoms with Gasteiger partial charge in [0.05, 0.1) is 26.2 Å². The van der Waals surface area contributed by atoms with Gasteiger partial charge < -0.3 is 19.5 Å². The molecule has 0 aromatic heterocycles. The fraction of sp³-hybridized carbons (Fsp3) is 0.136. The van der Waals surface area contributed by atoms with E-state index in [2.05, 4.69) is 10.0 Å². The van der Waals surface area contributed by atoms with E-state index in [0.29, 0.717) is 34.2 Å². The Morgan fingerprint density at radius 3 is 1.74 bits per heavy atom. The van der Waals surface area contributed by atoms with Crippen molar-refractivity contribution >= 4 is 27.3 Å². The topological polar surface area (TPSA) is 103 Å². The summed E-state index contributed by atoms with van der Waals surface area (Å²) in [7, 11) is 0.738. The molecule has 0 fully saturated rings. The van der Waals surface area contributed by atoms with Crippen LogP contribution >= 0.6 is 0 Å². The summed E-state index contributed by atoms with van der Waals surface area (Å²) < 4.78 is 43.1. The molecule has 0 atom stereocenters. The molecule has 1 amide bonds. The zero-order chi connectivity index (χ0) is 22.4. The third-order valence-electron chi connectivity index (χ3n) is 4.38. The fourth-order valence-electron chi connectivity index (χ4n) is 2.73. The van der Waals surface area contributed by atoms with E-state index in [1.165, 1.54) is 45.6 Å². The number of carbonyl (C=O) groups is 1. The maximum absolute atomic E-state index is 12.6. The third-order valence-corrected chi connectivity index (χ3v) is 5.78. The average Bonchev–Trinajstić information content (AvgIpc) is 2.79. The zero-order valence-electron chi connectivity index (χ0n) is 17.2. The zero-order valence-corrected chi connectivity index (χ0v) is 18.0. The number of amides is 1. The Morgan fingerprint density at radius 1 is 0.710 bits per heavy atom. The van der Waals surface area contributed by atoms with Crippen LogP contribution in [0.4, 0.5) is 11.4 Å². The molecule has 31 heavy (non-hydrogen) atoms. The molecular weight excluding hydrogens is 420 g/mol. The predicted molar refractivity (Wildman–Crippen MR) is 118 cm³/mol. The van der Waals surface area contributed by atoms with Gasteiger partial charge in [0.1, 0.15) is 17.2 Å². The number of anilines is 2. The van der Waals surface area contributed by atoms with Crippen LogP contribution in [0.5, 0.6) is 17.2 Å². The Kier molecular flexibility index (Phi) is 6.66. The van der Waals surface area contributed by atoms with Gasteiger partial charge in [-0.05, 0) is 60.7 Å². The van der Waals surface area contributed by atoms with Crippen molar-refractivity contribution in [3.8, 4) is 17.2 Å². The molecule has 162 valence electrons. The van der Waals surface area contributed by atoms with Crippen molar-refractivity contribution in [2.24, 2.45) is 0 Å². The third kappa shape index (κ3) is 5.46. The van der Waals surface area contributed by atoms with Crippen molar-refractivity contribution in [1.29, 1.82) is 0 Å². The van der Waals surface area contributed by atoms with Crippen LogP contribution in [0.1, 0.15) is 10.4 Å². The molecule has 2 N–H and O–H groups in total. The Bertz CT molecular complexity index is 1140. The van der Waals surface area contributed by atoms with Gasteiger partial charge in [-0.15, -0.1) is 0 Å². The lowest BCUT2D eigenvalue weighted by Gasteiger charge is -2.11. The SMILES string of the molecule is COc1ccc(NS(=O)(=O)c2ccc(NC(=O)c3cc(OC)cc(OC)c3)cc2)cc1. The summed E-state index contributed by atoms with van der Waals surface area (Å²) in [5.41, 5.74) is 1.19. The van der Waals surface area contributed by atoms with Gasteiger partial charge in [-0.3, -0.25) is 9.52 Å². The van der Waals surface area contributed by atoms with E-state index in [0.717, 1.165) is 0 Å². The maximum Gasteiger partial charge on any atom is 0.261 e. The van der Waals surface area contributed by atoms with Gasteiger partial charge in [-0.2, -0.15) is 0 Å². The highest BCUT2D eigenvalue weighted by Gasteiger charge is 2.15. The van der Waals surface area contributed by atoms with Gasteiger partial charge in [-0.25, -0.2) is 8.42 Å². The highest BCUT2D eigenvalue weighted by atomic mass is 32.2. The van der Waals surface area contributed by atoms with Crippen molar-refractivity contribution in [3.63, 3.8) is 0 Å². The highest BCUT2D eigenvalue weighted by molar-refractivity contribution is 7.92. The van der Waals surface area contributed by atoms with Crippen LogP contribution in [0.15, 0.2) is 71.6 Å². The number of hydrogen-bond donors (Lipinski definition) is 2. The molecule has 3 aromatic rings. The summed E-state index contributed by atoms with van der Waals surface area (Å²) >= 11 is 0. The Balaban J connectivity index is 1.72. The van der Waals surface area contributed by atoms with Crippen LogP contribution in [-0.4, -0.2) is 35.7 Å². The lowest BCUT2D eigenvalue weighted by molar-refractivity contribution is 0.102.